The van der Waals surface area contributed by atoms with Crippen molar-refractivity contribution in [3.05, 3.63) is 83.3 Å². The number of carboxylic acid groups (broad SMARTS) is 1. The minimum absolute atomic E-state index is 0.0634. The predicted octanol–water partition coefficient (Wildman–Crippen LogP) is 5.56. The zero-order valence-electron chi connectivity index (χ0n) is 20.8. The Hall–Kier alpha value is -3.03. The Bertz CT molecular complexity index is 1110. The number of carbonyl (C=O) groups excluding carboxylic acids is 1. The smallest absolute Gasteiger partial charge is 0.319 e. The number of carboxylic acids is 1. The van der Waals surface area contributed by atoms with Crippen molar-refractivity contribution >= 4 is 29.3 Å². The van der Waals surface area contributed by atoms with E-state index in [0.29, 0.717) is 13.1 Å². The van der Waals surface area contributed by atoms with Crippen LogP contribution in [-0.2, 0) is 20.7 Å². The van der Waals surface area contributed by atoms with Crippen molar-refractivity contribution in [2.24, 2.45) is 0 Å². The van der Waals surface area contributed by atoms with Crippen molar-refractivity contribution < 1.29 is 19.4 Å². The second-order valence-electron chi connectivity index (χ2n) is 9.28. The maximum Gasteiger partial charge on any atom is 0.319 e. The van der Waals surface area contributed by atoms with Gasteiger partial charge in [-0.15, -0.1) is 11.8 Å². The molecule has 1 aliphatic heterocycles. The van der Waals surface area contributed by atoms with Gasteiger partial charge in [-0.2, -0.15) is 0 Å². The maximum absolute atomic E-state index is 12.9. The standard InChI is InChI=1S/C28H34N2O4S/c1-20-8-13-25(21(2)17-20)29-26(31)19-30(18-23-7-5-6-16-34-23)15-14-22-9-11-24(12-10-22)35-28(3,4)27(32)33/h6-13,16-17H,5,14-15,18-19H2,1-4H3,(H,29,31)(H,32,33). The molecule has 2 aromatic rings. The quantitative estimate of drug-likeness (QED) is 0.398. The first kappa shape index (κ1) is 26.6. The Kier molecular flexibility index (Phi) is 9.18. The van der Waals surface area contributed by atoms with Gasteiger partial charge in [-0.25, -0.2) is 0 Å². The van der Waals surface area contributed by atoms with E-state index in [-0.39, 0.29) is 12.5 Å². The molecule has 0 aromatic heterocycles. The number of aryl methyl sites for hydroxylation is 2. The fourth-order valence-corrected chi connectivity index (χ4v) is 4.62. The number of nitrogens with one attached hydrogen (secondary N) is 1. The van der Waals surface area contributed by atoms with Crippen LogP contribution in [0.2, 0.25) is 0 Å². The van der Waals surface area contributed by atoms with Gasteiger partial charge >= 0.3 is 5.97 Å². The number of anilines is 1. The molecule has 0 bridgehead atoms. The summed E-state index contributed by atoms with van der Waals surface area (Å²) in [6.07, 6.45) is 7.26. The van der Waals surface area contributed by atoms with E-state index in [9.17, 15) is 14.7 Å². The van der Waals surface area contributed by atoms with Crippen LogP contribution in [0, 0.1) is 13.8 Å². The Morgan fingerprint density at radius 1 is 1.14 bits per heavy atom. The lowest BCUT2D eigenvalue weighted by Gasteiger charge is -2.24. The molecular formula is C28H34N2O4S. The van der Waals surface area contributed by atoms with Crippen molar-refractivity contribution in [1.29, 1.82) is 0 Å². The SMILES string of the molecule is Cc1ccc(NC(=O)CN(CCc2ccc(SC(C)(C)C(=O)O)cc2)CC2=CCC=CO2)c(C)c1. The van der Waals surface area contributed by atoms with E-state index in [2.05, 4.69) is 16.3 Å². The van der Waals surface area contributed by atoms with Crippen molar-refractivity contribution in [3.8, 4) is 0 Å². The van der Waals surface area contributed by atoms with Gasteiger partial charge in [0, 0.05) is 17.1 Å². The van der Waals surface area contributed by atoms with Crippen LogP contribution in [0.5, 0.6) is 0 Å². The molecule has 2 aromatic carbocycles. The van der Waals surface area contributed by atoms with E-state index in [1.165, 1.54) is 11.8 Å². The van der Waals surface area contributed by atoms with E-state index in [0.717, 1.165) is 45.9 Å². The molecule has 7 heteroatoms. The van der Waals surface area contributed by atoms with Crippen LogP contribution in [-0.4, -0.2) is 46.3 Å². The number of rotatable bonds is 11. The zero-order valence-corrected chi connectivity index (χ0v) is 21.7. The molecule has 0 fully saturated rings. The topological polar surface area (TPSA) is 78.9 Å². The summed E-state index contributed by atoms with van der Waals surface area (Å²) < 4.78 is 4.75. The summed E-state index contributed by atoms with van der Waals surface area (Å²) in [5.74, 6) is -0.0589. The van der Waals surface area contributed by atoms with Crippen LogP contribution in [0.4, 0.5) is 5.69 Å². The van der Waals surface area contributed by atoms with Gasteiger partial charge in [-0.3, -0.25) is 14.5 Å². The molecule has 1 heterocycles. The highest BCUT2D eigenvalue weighted by atomic mass is 32.2. The summed E-state index contributed by atoms with van der Waals surface area (Å²) in [6.45, 7) is 8.90. The molecule has 0 aliphatic carbocycles. The van der Waals surface area contributed by atoms with Gasteiger partial charge < -0.3 is 15.2 Å². The number of carbonyl (C=O) groups is 2. The number of allylic oxidation sites excluding steroid dienone is 2. The van der Waals surface area contributed by atoms with E-state index in [4.69, 9.17) is 4.74 Å². The van der Waals surface area contributed by atoms with Crippen LogP contribution < -0.4 is 5.32 Å². The van der Waals surface area contributed by atoms with Gasteiger partial charge in [-0.05, 0) is 82.0 Å². The normalized spacial score (nSPS) is 13.3. The number of thioether (sulfide) groups is 1. The molecule has 0 atom stereocenters. The average Bonchev–Trinajstić information content (AvgIpc) is 2.80. The van der Waals surface area contributed by atoms with Gasteiger partial charge in [0.05, 0.1) is 19.4 Å². The van der Waals surface area contributed by atoms with Crippen LogP contribution in [0.3, 0.4) is 0 Å². The molecule has 0 unspecified atom stereocenters. The molecule has 186 valence electrons. The fourth-order valence-electron chi connectivity index (χ4n) is 3.67. The number of benzene rings is 2. The lowest BCUT2D eigenvalue weighted by atomic mass is 10.1. The highest BCUT2D eigenvalue weighted by Gasteiger charge is 2.28. The van der Waals surface area contributed by atoms with Crippen LogP contribution in [0.25, 0.3) is 0 Å². The molecule has 0 saturated carbocycles. The van der Waals surface area contributed by atoms with E-state index in [1.807, 2.05) is 62.4 Å². The van der Waals surface area contributed by atoms with Gasteiger partial charge in [-0.1, -0.05) is 29.8 Å². The first-order chi connectivity index (χ1) is 16.6. The fraction of sp³-hybridized carbons (Fsp3) is 0.357. The number of ether oxygens (including phenoxy) is 1. The molecule has 3 rings (SSSR count). The number of amides is 1. The molecule has 6 nitrogen and oxygen atoms in total. The van der Waals surface area contributed by atoms with E-state index < -0.39 is 10.7 Å². The third-order valence-corrected chi connectivity index (χ3v) is 6.92. The lowest BCUT2D eigenvalue weighted by Crippen LogP contribution is -2.36. The first-order valence-electron chi connectivity index (χ1n) is 11.7. The second-order valence-corrected chi connectivity index (χ2v) is 11.0. The summed E-state index contributed by atoms with van der Waals surface area (Å²) in [7, 11) is 0. The minimum atomic E-state index is -0.885. The van der Waals surface area contributed by atoms with Crippen molar-refractivity contribution in [1.82, 2.24) is 4.90 Å². The Morgan fingerprint density at radius 3 is 2.51 bits per heavy atom. The third kappa shape index (κ3) is 8.30. The Labute approximate surface area is 212 Å². The molecular weight excluding hydrogens is 460 g/mol. The molecule has 1 amide bonds. The summed E-state index contributed by atoms with van der Waals surface area (Å²) in [6, 6.07) is 13.9. The molecule has 1 aliphatic rings. The third-order valence-electron chi connectivity index (χ3n) is 5.73. The predicted molar refractivity (Wildman–Crippen MR) is 142 cm³/mol. The lowest BCUT2D eigenvalue weighted by molar-refractivity contribution is -0.138. The molecule has 0 saturated heterocycles. The molecule has 35 heavy (non-hydrogen) atoms. The molecule has 0 radical (unpaired) electrons. The van der Waals surface area contributed by atoms with Crippen molar-refractivity contribution in [3.63, 3.8) is 0 Å². The van der Waals surface area contributed by atoms with Gasteiger partial charge in [0.2, 0.25) is 5.91 Å². The molecule has 0 spiro atoms. The first-order valence-corrected chi connectivity index (χ1v) is 12.6. The van der Waals surface area contributed by atoms with Gasteiger partial charge in [0.1, 0.15) is 10.5 Å². The summed E-state index contributed by atoms with van der Waals surface area (Å²) in [5, 5.41) is 12.4. The van der Waals surface area contributed by atoms with Crippen LogP contribution in [0.15, 0.2) is 71.5 Å². The average molecular weight is 495 g/mol. The van der Waals surface area contributed by atoms with E-state index in [1.54, 1.807) is 20.1 Å². The highest BCUT2D eigenvalue weighted by molar-refractivity contribution is 8.01. The summed E-state index contributed by atoms with van der Waals surface area (Å²) in [5.41, 5.74) is 4.15. The monoisotopic (exact) mass is 494 g/mol. The van der Waals surface area contributed by atoms with Gasteiger partial charge in [0.25, 0.3) is 0 Å². The largest absolute Gasteiger partial charge is 0.480 e. The number of aliphatic carboxylic acids is 1. The maximum atomic E-state index is 12.9. The number of hydrogen-bond donors (Lipinski definition) is 2. The summed E-state index contributed by atoms with van der Waals surface area (Å²) >= 11 is 1.33. The van der Waals surface area contributed by atoms with Crippen molar-refractivity contribution in [2.45, 2.75) is 50.2 Å². The number of nitrogens with zero attached hydrogens (tertiary/aromatic N) is 1. The Morgan fingerprint density at radius 2 is 1.89 bits per heavy atom. The van der Waals surface area contributed by atoms with Gasteiger partial charge in [0.15, 0.2) is 0 Å². The number of hydrogen-bond acceptors (Lipinski definition) is 5. The van der Waals surface area contributed by atoms with E-state index >= 15 is 0 Å². The van der Waals surface area contributed by atoms with Crippen molar-refractivity contribution in [2.75, 3.05) is 25.0 Å². The molecule has 2 N–H and O–H groups in total. The van der Waals surface area contributed by atoms with Crippen LogP contribution in [0.1, 0.15) is 37.0 Å². The zero-order chi connectivity index (χ0) is 25.4. The Balaban J connectivity index is 1.62. The minimum Gasteiger partial charge on any atom is -0.480 e. The second kappa shape index (κ2) is 12.1. The summed E-state index contributed by atoms with van der Waals surface area (Å²) in [4.78, 5) is 27.3. The van der Waals surface area contributed by atoms with Crippen LogP contribution >= 0.6 is 11.8 Å². The highest BCUT2D eigenvalue weighted by Crippen LogP contribution is 2.32.